The zero-order valence-electron chi connectivity index (χ0n) is 12.4. The Kier molecular flexibility index (Phi) is 4.40. The average Bonchev–Trinajstić information content (AvgIpc) is 3.10. The van der Waals surface area contributed by atoms with E-state index < -0.39 is 0 Å². The summed E-state index contributed by atoms with van der Waals surface area (Å²) in [6.07, 6.45) is 3.39. The normalized spacial score (nSPS) is 13.0. The van der Waals surface area contributed by atoms with Crippen LogP contribution >= 0.6 is 27.7 Å². The van der Waals surface area contributed by atoms with E-state index in [1.165, 1.54) is 11.8 Å². The monoisotopic (exact) mass is 405 g/mol. The van der Waals surface area contributed by atoms with Gasteiger partial charge in [0, 0.05) is 28.2 Å². The molecule has 0 bridgehead atoms. The van der Waals surface area contributed by atoms with Crippen molar-refractivity contribution in [2.45, 2.75) is 11.0 Å². The Balaban J connectivity index is 1.48. The molecule has 1 aliphatic heterocycles. The van der Waals surface area contributed by atoms with Crippen molar-refractivity contribution in [1.82, 2.24) is 15.2 Å². The summed E-state index contributed by atoms with van der Waals surface area (Å²) in [5.74, 6) is 2.69. The standard InChI is InChI=1S/C16H12BrN3O3S/c17-12-8-14-13(21-5-6-22-14)7-11(12)9-24-16-20-19-15(23-16)10-1-3-18-4-2-10/h1-4,7-8H,5-6,9H2. The first-order chi connectivity index (χ1) is 11.8. The fraction of sp³-hybridized carbons (Fsp3) is 0.188. The van der Waals surface area contributed by atoms with Crippen molar-refractivity contribution in [2.75, 3.05) is 13.2 Å². The van der Waals surface area contributed by atoms with Crippen molar-refractivity contribution >= 4 is 27.7 Å². The predicted molar refractivity (Wildman–Crippen MR) is 92.2 cm³/mol. The summed E-state index contributed by atoms with van der Waals surface area (Å²) in [5, 5.41) is 8.67. The molecule has 6 nitrogen and oxygen atoms in total. The highest BCUT2D eigenvalue weighted by Crippen LogP contribution is 2.37. The first-order valence-electron chi connectivity index (χ1n) is 7.24. The van der Waals surface area contributed by atoms with Crippen LogP contribution in [0.3, 0.4) is 0 Å². The van der Waals surface area contributed by atoms with Gasteiger partial charge in [0.1, 0.15) is 13.2 Å². The number of hydrogen-bond acceptors (Lipinski definition) is 7. The van der Waals surface area contributed by atoms with E-state index in [9.17, 15) is 0 Å². The largest absolute Gasteiger partial charge is 0.486 e. The third kappa shape index (κ3) is 3.25. The van der Waals surface area contributed by atoms with Gasteiger partial charge >= 0.3 is 0 Å². The molecule has 0 saturated carbocycles. The lowest BCUT2D eigenvalue weighted by Crippen LogP contribution is -2.15. The van der Waals surface area contributed by atoms with Gasteiger partial charge < -0.3 is 13.9 Å². The van der Waals surface area contributed by atoms with Gasteiger partial charge in [-0.15, -0.1) is 10.2 Å². The number of benzene rings is 1. The fourth-order valence-electron chi connectivity index (χ4n) is 2.24. The van der Waals surface area contributed by atoms with Gasteiger partial charge in [-0.3, -0.25) is 4.98 Å². The van der Waals surface area contributed by atoms with Gasteiger partial charge in [-0.05, 0) is 29.8 Å². The molecule has 8 heteroatoms. The summed E-state index contributed by atoms with van der Waals surface area (Å²) in [6, 6.07) is 7.57. The van der Waals surface area contributed by atoms with Crippen molar-refractivity contribution < 1.29 is 13.9 Å². The molecule has 0 spiro atoms. The summed E-state index contributed by atoms with van der Waals surface area (Å²) in [5.41, 5.74) is 1.93. The van der Waals surface area contributed by atoms with Gasteiger partial charge in [-0.25, -0.2) is 0 Å². The number of halogens is 1. The van der Waals surface area contributed by atoms with Crippen LogP contribution in [0.25, 0.3) is 11.5 Å². The van der Waals surface area contributed by atoms with Crippen LogP contribution in [-0.2, 0) is 5.75 Å². The van der Waals surface area contributed by atoms with Crippen LogP contribution < -0.4 is 9.47 Å². The molecule has 4 rings (SSSR count). The third-order valence-corrected chi connectivity index (χ3v) is 5.00. The number of ether oxygens (including phenoxy) is 2. The first-order valence-corrected chi connectivity index (χ1v) is 9.02. The molecule has 1 aromatic carbocycles. The lowest BCUT2D eigenvalue weighted by Gasteiger charge is -2.19. The number of thioether (sulfide) groups is 1. The van der Waals surface area contributed by atoms with E-state index in [2.05, 4.69) is 31.1 Å². The Hall–Kier alpha value is -2.06. The molecule has 0 atom stereocenters. The number of fused-ring (bicyclic) bond motifs is 1. The summed E-state index contributed by atoms with van der Waals surface area (Å²) in [7, 11) is 0. The second-order valence-corrected chi connectivity index (χ2v) is 6.77. The highest BCUT2D eigenvalue weighted by molar-refractivity contribution is 9.10. The van der Waals surface area contributed by atoms with E-state index in [0.29, 0.717) is 30.1 Å². The van der Waals surface area contributed by atoms with E-state index in [1.54, 1.807) is 12.4 Å². The maximum atomic E-state index is 5.69. The van der Waals surface area contributed by atoms with Crippen LogP contribution in [0.5, 0.6) is 11.5 Å². The molecule has 24 heavy (non-hydrogen) atoms. The number of rotatable bonds is 4. The van der Waals surface area contributed by atoms with Crippen LogP contribution in [0.2, 0.25) is 0 Å². The molecule has 0 radical (unpaired) electrons. The number of pyridine rings is 1. The van der Waals surface area contributed by atoms with Gasteiger partial charge in [-0.2, -0.15) is 0 Å². The molecule has 2 aromatic heterocycles. The molecular weight excluding hydrogens is 394 g/mol. The fourth-order valence-corrected chi connectivity index (χ4v) is 3.64. The van der Waals surface area contributed by atoms with E-state index in [-0.39, 0.29) is 0 Å². The second kappa shape index (κ2) is 6.82. The van der Waals surface area contributed by atoms with Crippen molar-refractivity contribution in [3.05, 3.63) is 46.7 Å². The van der Waals surface area contributed by atoms with Crippen LogP contribution in [0.4, 0.5) is 0 Å². The molecule has 0 N–H and O–H groups in total. The van der Waals surface area contributed by atoms with Crippen LogP contribution in [0.1, 0.15) is 5.56 Å². The Labute approximate surface area is 150 Å². The molecule has 0 aliphatic carbocycles. The topological polar surface area (TPSA) is 70.3 Å². The van der Waals surface area contributed by atoms with Gasteiger partial charge in [0.2, 0.25) is 5.89 Å². The number of nitrogens with zero attached hydrogens (tertiary/aromatic N) is 3. The molecule has 0 fully saturated rings. The van der Waals surface area contributed by atoms with Gasteiger partial charge in [0.15, 0.2) is 11.5 Å². The minimum Gasteiger partial charge on any atom is -0.486 e. The molecule has 0 amide bonds. The van der Waals surface area contributed by atoms with Crippen LogP contribution in [0, 0.1) is 0 Å². The van der Waals surface area contributed by atoms with Gasteiger partial charge in [0.05, 0.1) is 0 Å². The highest BCUT2D eigenvalue weighted by Gasteiger charge is 2.16. The molecule has 122 valence electrons. The predicted octanol–water partition coefficient (Wildman–Crippen LogP) is 3.96. The quantitative estimate of drug-likeness (QED) is 0.608. The zero-order chi connectivity index (χ0) is 16.4. The lowest BCUT2D eigenvalue weighted by atomic mass is 10.2. The van der Waals surface area contributed by atoms with Crippen LogP contribution in [0.15, 0.2) is 50.8 Å². The number of aromatic nitrogens is 3. The molecule has 3 aromatic rings. The third-order valence-electron chi connectivity index (χ3n) is 3.40. The SMILES string of the molecule is Brc1cc2c(cc1CSc1nnc(-c3ccncc3)o1)OCCO2. The van der Waals surface area contributed by atoms with Gasteiger partial charge in [-0.1, -0.05) is 27.7 Å². The van der Waals surface area contributed by atoms with E-state index >= 15 is 0 Å². The summed E-state index contributed by atoms with van der Waals surface area (Å²) >= 11 is 5.04. The van der Waals surface area contributed by atoms with Crippen molar-refractivity contribution in [3.8, 4) is 23.0 Å². The molecular formula is C16H12BrN3O3S. The Morgan fingerprint density at radius 3 is 2.58 bits per heavy atom. The van der Waals surface area contributed by atoms with Crippen molar-refractivity contribution in [1.29, 1.82) is 0 Å². The van der Waals surface area contributed by atoms with Crippen molar-refractivity contribution in [3.63, 3.8) is 0 Å². The zero-order valence-corrected chi connectivity index (χ0v) is 14.8. The molecule has 0 unspecified atom stereocenters. The first kappa shape index (κ1) is 15.5. The number of hydrogen-bond donors (Lipinski definition) is 0. The highest BCUT2D eigenvalue weighted by atomic mass is 79.9. The summed E-state index contributed by atoms with van der Waals surface area (Å²) < 4.78 is 17.8. The maximum absolute atomic E-state index is 5.69. The minimum absolute atomic E-state index is 0.487. The van der Waals surface area contributed by atoms with E-state index in [4.69, 9.17) is 13.9 Å². The Morgan fingerprint density at radius 1 is 1.04 bits per heavy atom. The Bertz CT molecular complexity index is 857. The smallest absolute Gasteiger partial charge is 0.277 e. The minimum atomic E-state index is 0.487. The van der Waals surface area contributed by atoms with E-state index in [0.717, 1.165) is 27.1 Å². The molecule has 3 heterocycles. The van der Waals surface area contributed by atoms with Crippen molar-refractivity contribution in [2.24, 2.45) is 0 Å². The van der Waals surface area contributed by atoms with E-state index in [1.807, 2.05) is 24.3 Å². The summed E-state index contributed by atoms with van der Waals surface area (Å²) in [6.45, 7) is 1.15. The molecule has 0 saturated heterocycles. The lowest BCUT2D eigenvalue weighted by molar-refractivity contribution is 0.171. The van der Waals surface area contributed by atoms with Gasteiger partial charge in [0.25, 0.3) is 5.22 Å². The molecule has 1 aliphatic rings. The Morgan fingerprint density at radius 2 is 1.79 bits per heavy atom. The summed E-state index contributed by atoms with van der Waals surface area (Å²) in [4.78, 5) is 3.98. The van der Waals surface area contributed by atoms with Crippen LogP contribution in [-0.4, -0.2) is 28.4 Å². The average molecular weight is 406 g/mol. The second-order valence-electron chi connectivity index (χ2n) is 4.98. The maximum Gasteiger partial charge on any atom is 0.277 e.